The van der Waals surface area contributed by atoms with E-state index in [1.54, 1.807) is 0 Å². The molecule has 0 aliphatic heterocycles. The van der Waals surface area contributed by atoms with E-state index in [0.29, 0.717) is 5.56 Å². The summed E-state index contributed by atoms with van der Waals surface area (Å²) in [6.45, 7) is 0. The molecule has 1 heterocycles. The highest BCUT2D eigenvalue weighted by Crippen LogP contribution is 2.17. The number of nitrogens with one attached hydrogen (secondary N) is 1. The maximum Gasteiger partial charge on any atom is 0.198 e. The van der Waals surface area contributed by atoms with Crippen molar-refractivity contribution in [2.24, 2.45) is 0 Å². The Kier molecular flexibility index (Phi) is 2.21. The molecule has 2 rings (SSSR count). The fourth-order valence-corrected chi connectivity index (χ4v) is 1.27. The number of rotatable bonds is 2. The Bertz CT molecular complexity index is 493. The van der Waals surface area contributed by atoms with Crippen LogP contribution in [0.25, 0.3) is 0 Å². The van der Waals surface area contributed by atoms with Crippen molar-refractivity contribution in [1.82, 2.24) is 10.2 Å². The summed E-state index contributed by atoms with van der Waals surface area (Å²) in [5.41, 5.74) is 6.34. The van der Waals surface area contributed by atoms with E-state index < -0.39 is 5.82 Å². The van der Waals surface area contributed by atoms with Gasteiger partial charge in [0.05, 0.1) is 11.8 Å². The Balaban J connectivity index is 2.42. The third-order valence-electron chi connectivity index (χ3n) is 2.02. The zero-order valence-corrected chi connectivity index (χ0v) is 7.70. The third-order valence-corrected chi connectivity index (χ3v) is 2.02. The number of ketones is 1. The number of carbonyl (C=O) groups excluding carboxylic acids is 1. The van der Waals surface area contributed by atoms with Crippen LogP contribution in [0, 0.1) is 5.82 Å². The number of benzene rings is 1. The van der Waals surface area contributed by atoms with Gasteiger partial charge in [-0.3, -0.25) is 9.89 Å². The average Bonchev–Trinajstić information content (AvgIpc) is 2.69. The van der Waals surface area contributed by atoms with Crippen LogP contribution in [0.15, 0.2) is 30.6 Å². The number of carbonyl (C=O) groups is 1. The lowest BCUT2D eigenvalue weighted by Gasteiger charge is -2.02. The first-order valence-electron chi connectivity index (χ1n) is 4.27. The van der Waals surface area contributed by atoms with Crippen LogP contribution in [0.3, 0.4) is 0 Å². The van der Waals surface area contributed by atoms with Crippen LogP contribution in [-0.4, -0.2) is 16.0 Å². The second-order valence-electron chi connectivity index (χ2n) is 3.05. The molecule has 0 atom stereocenters. The van der Waals surface area contributed by atoms with E-state index in [0.717, 1.165) is 6.07 Å². The van der Waals surface area contributed by atoms with Gasteiger partial charge in [0.1, 0.15) is 5.82 Å². The Hall–Kier alpha value is -2.17. The number of H-pyrrole nitrogens is 1. The Morgan fingerprint density at radius 2 is 2.27 bits per heavy atom. The van der Waals surface area contributed by atoms with Crippen LogP contribution in [-0.2, 0) is 0 Å². The number of nitrogens with zero attached hydrogens (tertiary/aromatic N) is 1. The van der Waals surface area contributed by atoms with Gasteiger partial charge in [-0.25, -0.2) is 4.39 Å². The fourth-order valence-electron chi connectivity index (χ4n) is 1.27. The van der Waals surface area contributed by atoms with E-state index in [1.807, 2.05) is 0 Å². The minimum Gasteiger partial charge on any atom is -0.398 e. The largest absolute Gasteiger partial charge is 0.398 e. The summed E-state index contributed by atoms with van der Waals surface area (Å²) in [6, 6.07) is 3.68. The van der Waals surface area contributed by atoms with Crippen LogP contribution >= 0.6 is 0 Å². The first kappa shape index (κ1) is 9.39. The number of nitrogens with two attached hydrogens (primary N) is 1. The minimum absolute atomic E-state index is 0.126. The number of hydrogen-bond acceptors (Lipinski definition) is 3. The molecule has 4 nitrogen and oxygen atoms in total. The molecule has 0 spiro atoms. The van der Waals surface area contributed by atoms with Gasteiger partial charge >= 0.3 is 0 Å². The quantitative estimate of drug-likeness (QED) is 0.574. The predicted molar refractivity (Wildman–Crippen MR) is 52.8 cm³/mol. The first-order valence-corrected chi connectivity index (χ1v) is 4.27. The molecule has 15 heavy (non-hydrogen) atoms. The monoisotopic (exact) mass is 205 g/mol. The predicted octanol–water partition coefficient (Wildman–Crippen LogP) is 1.36. The molecule has 0 radical (unpaired) electrons. The van der Waals surface area contributed by atoms with Gasteiger partial charge in [0.25, 0.3) is 0 Å². The van der Waals surface area contributed by atoms with Crippen molar-refractivity contribution in [3.8, 4) is 0 Å². The highest BCUT2D eigenvalue weighted by molar-refractivity contribution is 6.11. The summed E-state index contributed by atoms with van der Waals surface area (Å²) in [5, 5.41) is 6.18. The topological polar surface area (TPSA) is 71.8 Å². The van der Waals surface area contributed by atoms with E-state index in [4.69, 9.17) is 5.73 Å². The molecule has 1 aromatic carbocycles. The average molecular weight is 205 g/mol. The van der Waals surface area contributed by atoms with Crippen molar-refractivity contribution in [2.75, 3.05) is 5.73 Å². The lowest BCUT2D eigenvalue weighted by molar-refractivity contribution is 0.103. The fraction of sp³-hybridized carbons (Fsp3) is 0. The summed E-state index contributed by atoms with van der Waals surface area (Å²) in [4.78, 5) is 11.8. The summed E-state index contributed by atoms with van der Waals surface area (Å²) in [7, 11) is 0. The van der Waals surface area contributed by atoms with E-state index >= 15 is 0 Å². The van der Waals surface area contributed by atoms with Gasteiger partial charge in [-0.1, -0.05) is 0 Å². The van der Waals surface area contributed by atoms with Gasteiger partial charge in [0.2, 0.25) is 0 Å². The Labute approximate surface area is 84.9 Å². The van der Waals surface area contributed by atoms with Crippen LogP contribution < -0.4 is 5.73 Å². The summed E-state index contributed by atoms with van der Waals surface area (Å²) >= 11 is 0. The van der Waals surface area contributed by atoms with Crippen molar-refractivity contribution < 1.29 is 9.18 Å². The van der Waals surface area contributed by atoms with Crippen molar-refractivity contribution in [2.45, 2.75) is 0 Å². The highest BCUT2D eigenvalue weighted by atomic mass is 19.1. The molecule has 0 saturated heterocycles. The Morgan fingerprint density at radius 1 is 1.47 bits per heavy atom. The maximum absolute atomic E-state index is 12.7. The molecule has 3 N–H and O–H groups in total. The molecular formula is C10H8FN3O. The zero-order valence-electron chi connectivity index (χ0n) is 7.70. The van der Waals surface area contributed by atoms with Crippen LogP contribution in [0.2, 0.25) is 0 Å². The van der Waals surface area contributed by atoms with E-state index in [9.17, 15) is 9.18 Å². The third kappa shape index (κ3) is 1.71. The molecule has 0 bridgehead atoms. The molecule has 0 aliphatic carbocycles. The SMILES string of the molecule is Nc1cc(F)ccc1C(=O)c1cn[nH]c1. The lowest BCUT2D eigenvalue weighted by Crippen LogP contribution is -2.04. The number of anilines is 1. The number of nitrogen functional groups attached to an aromatic ring is 1. The van der Waals surface area contributed by atoms with Gasteiger partial charge in [0, 0.05) is 17.4 Å². The van der Waals surface area contributed by atoms with Gasteiger partial charge in [-0.15, -0.1) is 0 Å². The van der Waals surface area contributed by atoms with E-state index in [1.165, 1.54) is 24.5 Å². The number of aromatic amines is 1. The summed E-state index contributed by atoms with van der Waals surface area (Å²) in [6.07, 6.45) is 2.86. The molecule has 2 aromatic rings. The first-order chi connectivity index (χ1) is 7.18. The van der Waals surface area contributed by atoms with Crippen molar-refractivity contribution in [3.63, 3.8) is 0 Å². The van der Waals surface area contributed by atoms with Crippen LogP contribution in [0.5, 0.6) is 0 Å². The molecule has 0 fully saturated rings. The highest BCUT2D eigenvalue weighted by Gasteiger charge is 2.13. The van der Waals surface area contributed by atoms with Crippen LogP contribution in [0.1, 0.15) is 15.9 Å². The molecule has 5 heteroatoms. The van der Waals surface area contributed by atoms with Crippen LogP contribution in [0.4, 0.5) is 10.1 Å². The Morgan fingerprint density at radius 3 is 2.87 bits per heavy atom. The number of hydrogen-bond donors (Lipinski definition) is 2. The molecule has 76 valence electrons. The zero-order chi connectivity index (χ0) is 10.8. The standard InChI is InChI=1S/C10H8FN3O/c11-7-1-2-8(9(12)3-7)10(15)6-4-13-14-5-6/h1-5H,12H2,(H,13,14). The van der Waals surface area contributed by atoms with E-state index in [-0.39, 0.29) is 17.0 Å². The maximum atomic E-state index is 12.7. The van der Waals surface area contributed by atoms with Crippen molar-refractivity contribution >= 4 is 11.5 Å². The summed E-state index contributed by atoms with van der Waals surface area (Å²) in [5.74, 6) is -0.738. The smallest absolute Gasteiger partial charge is 0.198 e. The van der Waals surface area contributed by atoms with Crippen molar-refractivity contribution in [3.05, 3.63) is 47.5 Å². The number of aromatic nitrogens is 2. The second kappa shape index (κ2) is 3.53. The molecule has 0 amide bonds. The molecular weight excluding hydrogens is 197 g/mol. The molecule has 0 saturated carbocycles. The normalized spacial score (nSPS) is 10.2. The van der Waals surface area contributed by atoms with Gasteiger partial charge in [-0.05, 0) is 18.2 Å². The summed E-state index contributed by atoms with van der Waals surface area (Å²) < 4.78 is 12.7. The van der Waals surface area contributed by atoms with Gasteiger partial charge < -0.3 is 5.73 Å². The molecule has 0 aliphatic rings. The second-order valence-corrected chi connectivity index (χ2v) is 3.05. The van der Waals surface area contributed by atoms with E-state index in [2.05, 4.69) is 10.2 Å². The molecule has 0 unspecified atom stereocenters. The lowest BCUT2D eigenvalue weighted by atomic mass is 10.0. The van der Waals surface area contributed by atoms with Crippen molar-refractivity contribution in [1.29, 1.82) is 0 Å². The number of halogens is 1. The van der Waals surface area contributed by atoms with Gasteiger partial charge in [0.15, 0.2) is 5.78 Å². The van der Waals surface area contributed by atoms with Gasteiger partial charge in [-0.2, -0.15) is 5.10 Å². The molecule has 1 aromatic heterocycles. The minimum atomic E-state index is -0.462.